The van der Waals surface area contributed by atoms with Crippen molar-refractivity contribution in [1.82, 2.24) is 9.80 Å². The second-order valence-corrected chi connectivity index (χ2v) is 10.4. The van der Waals surface area contributed by atoms with Crippen molar-refractivity contribution in [2.75, 3.05) is 58.2 Å². The zero-order chi connectivity index (χ0) is 32.8. The van der Waals surface area contributed by atoms with E-state index in [1.165, 1.54) is 22.9 Å². The first-order chi connectivity index (χ1) is 20.6. The molecule has 0 spiro atoms. The van der Waals surface area contributed by atoms with Gasteiger partial charge in [-0.05, 0) is 62.7 Å². The predicted molar refractivity (Wildman–Crippen MR) is 181 cm³/mol. The monoisotopic (exact) mass is 633 g/mol. The summed E-state index contributed by atoms with van der Waals surface area (Å²) in [6, 6.07) is 14.5. The predicted octanol–water partition coefficient (Wildman–Crippen LogP) is 4.77. The lowest BCUT2D eigenvalue weighted by Gasteiger charge is -2.25. The lowest BCUT2D eigenvalue weighted by Crippen LogP contribution is -2.43. The molecule has 0 radical (unpaired) electrons. The molecule has 12 heteroatoms. The van der Waals surface area contributed by atoms with Crippen molar-refractivity contribution in [2.45, 2.75) is 20.8 Å². The third-order valence-corrected chi connectivity index (χ3v) is 6.36. The number of carbonyl (C=O) groups is 2. The molecule has 0 aliphatic heterocycles. The van der Waals surface area contributed by atoms with Crippen LogP contribution in [0, 0.1) is 23.7 Å². The molecule has 0 heterocycles. The van der Waals surface area contributed by atoms with Crippen molar-refractivity contribution in [3.63, 3.8) is 0 Å². The van der Waals surface area contributed by atoms with Crippen LogP contribution in [-0.2, 0) is 9.59 Å². The lowest BCUT2D eigenvalue weighted by molar-refractivity contribution is -0.130. The van der Waals surface area contributed by atoms with Gasteiger partial charge in [-0.1, -0.05) is 38.1 Å². The van der Waals surface area contributed by atoms with E-state index in [-0.39, 0.29) is 36.8 Å². The second kappa shape index (κ2) is 23.0. The van der Waals surface area contributed by atoms with E-state index in [1.807, 2.05) is 51.3 Å². The van der Waals surface area contributed by atoms with Gasteiger partial charge in [-0.25, -0.2) is 0 Å². The van der Waals surface area contributed by atoms with Gasteiger partial charge in [0.05, 0.1) is 7.11 Å². The third-order valence-electron chi connectivity index (χ3n) is 5.57. The van der Waals surface area contributed by atoms with Gasteiger partial charge in [0.15, 0.2) is 13.2 Å². The molecule has 2 amide bonds. The summed E-state index contributed by atoms with van der Waals surface area (Å²) in [5.74, 6) is 3.18. The highest BCUT2D eigenvalue weighted by molar-refractivity contribution is 7.98. The number of hydrogen-bond donors (Lipinski definition) is 4. The topological polar surface area (TPSA) is 142 Å². The summed E-state index contributed by atoms with van der Waals surface area (Å²) in [4.78, 5) is 27.1. The quantitative estimate of drug-likeness (QED) is 0.133. The first kappa shape index (κ1) is 39.5. The smallest absolute Gasteiger partial charge is 0.266 e. The van der Waals surface area contributed by atoms with Crippen LogP contribution in [0.1, 0.15) is 19.4 Å². The van der Waals surface area contributed by atoms with Crippen LogP contribution in [0.4, 0.5) is 0 Å². The van der Waals surface area contributed by atoms with E-state index in [9.17, 15) is 9.59 Å². The Kier molecular flexibility index (Phi) is 21.2. The van der Waals surface area contributed by atoms with Crippen molar-refractivity contribution in [2.24, 2.45) is 11.7 Å². The minimum atomic E-state index is -0.278. The van der Waals surface area contributed by atoms with Crippen LogP contribution in [-0.4, -0.2) is 91.5 Å². The SMILES string of the molecule is C=CC(=N)N(CCS)C(=O)COc1ccc(C)cc1.CN.COc1ccc(OCC(=O)N(CCSC)C(=N)C(C)C)cc1. The van der Waals surface area contributed by atoms with Gasteiger partial charge in [-0.2, -0.15) is 24.4 Å². The van der Waals surface area contributed by atoms with Gasteiger partial charge >= 0.3 is 0 Å². The Hall–Kier alpha value is -3.48. The average molecular weight is 634 g/mol. The zero-order valence-electron chi connectivity index (χ0n) is 26.1. The molecule has 2 rings (SSSR count). The molecule has 0 bridgehead atoms. The van der Waals surface area contributed by atoms with Crippen molar-refractivity contribution in [3.05, 3.63) is 66.7 Å². The summed E-state index contributed by atoms with van der Waals surface area (Å²) < 4.78 is 16.0. The van der Waals surface area contributed by atoms with E-state index >= 15 is 0 Å². The maximum absolute atomic E-state index is 12.3. The van der Waals surface area contributed by atoms with Crippen molar-refractivity contribution >= 4 is 47.9 Å². The number of thiol groups is 1. The summed E-state index contributed by atoms with van der Waals surface area (Å²) in [5.41, 5.74) is 5.63. The molecule has 0 aliphatic rings. The molecule has 10 nitrogen and oxygen atoms in total. The van der Waals surface area contributed by atoms with Gasteiger partial charge < -0.3 is 19.9 Å². The Balaban J connectivity index is 0.000000783. The van der Waals surface area contributed by atoms with Gasteiger partial charge in [0.2, 0.25) is 0 Å². The summed E-state index contributed by atoms with van der Waals surface area (Å²) in [6.45, 7) is 10.0. The number of carbonyl (C=O) groups excluding carboxylic acids is 2. The highest BCUT2D eigenvalue weighted by Crippen LogP contribution is 2.17. The van der Waals surface area contributed by atoms with Gasteiger partial charge in [0.1, 0.15) is 28.9 Å². The summed E-state index contributed by atoms with van der Waals surface area (Å²) in [5, 5.41) is 15.7. The third kappa shape index (κ3) is 15.5. The molecule has 4 N–H and O–H groups in total. The first-order valence-electron chi connectivity index (χ1n) is 13.6. The first-order valence-corrected chi connectivity index (χ1v) is 15.6. The van der Waals surface area contributed by atoms with Crippen LogP contribution in [0.2, 0.25) is 0 Å². The number of benzene rings is 2. The molecule has 0 atom stereocenters. The number of aryl methyl sites for hydroxylation is 1. The Morgan fingerprint density at radius 3 is 1.81 bits per heavy atom. The van der Waals surface area contributed by atoms with Crippen molar-refractivity contribution in [1.29, 1.82) is 10.8 Å². The standard InChI is InChI=1S/C16H24N2O3S.C14H18N2O2S.CH5N/c1-12(2)16(17)18(9-10-22-4)15(19)11-21-14-7-5-13(20-3)6-8-14;1-3-13(15)16(8-9-19)14(17)10-18-12-6-4-11(2)5-7-12;1-2/h5-8,12,17H,9-11H2,1-4H3;3-7,15,19H,1,8-10H2,2H3;2H2,1H3. The largest absolute Gasteiger partial charge is 0.497 e. The fourth-order valence-electron chi connectivity index (χ4n) is 3.22. The average Bonchev–Trinajstić information content (AvgIpc) is 3.03. The highest BCUT2D eigenvalue weighted by atomic mass is 32.2. The molecule has 238 valence electrons. The maximum atomic E-state index is 12.3. The molecule has 0 aliphatic carbocycles. The van der Waals surface area contributed by atoms with E-state index in [4.69, 9.17) is 25.0 Å². The zero-order valence-corrected chi connectivity index (χ0v) is 27.8. The van der Waals surface area contributed by atoms with Gasteiger partial charge in [0, 0.05) is 30.5 Å². The Bertz CT molecular complexity index is 1130. The molecule has 2 aromatic carbocycles. The number of ether oxygens (including phenoxy) is 3. The number of amidine groups is 2. The Morgan fingerprint density at radius 1 is 0.930 bits per heavy atom. The Labute approximate surface area is 266 Å². The van der Waals surface area contributed by atoms with Gasteiger partial charge in [-0.15, -0.1) is 0 Å². The van der Waals surface area contributed by atoms with Crippen molar-refractivity contribution in [3.8, 4) is 17.2 Å². The molecule has 0 fully saturated rings. The minimum absolute atomic E-state index is 0.00629. The number of nitrogens with one attached hydrogen (secondary N) is 2. The molecule has 2 aromatic rings. The van der Waals surface area contributed by atoms with Crippen LogP contribution in [0.15, 0.2) is 61.2 Å². The van der Waals surface area contributed by atoms with E-state index in [1.54, 1.807) is 43.1 Å². The highest BCUT2D eigenvalue weighted by Gasteiger charge is 2.21. The number of nitrogens with zero attached hydrogens (tertiary/aromatic N) is 2. The summed E-state index contributed by atoms with van der Waals surface area (Å²) >= 11 is 5.72. The van der Waals surface area contributed by atoms with E-state index in [2.05, 4.69) is 24.9 Å². The van der Waals surface area contributed by atoms with Crippen LogP contribution >= 0.6 is 24.4 Å². The Morgan fingerprint density at radius 2 is 1.40 bits per heavy atom. The van der Waals surface area contributed by atoms with Crippen LogP contribution in [0.5, 0.6) is 17.2 Å². The van der Waals surface area contributed by atoms with Crippen molar-refractivity contribution < 1.29 is 23.8 Å². The number of thioether (sulfide) groups is 1. The van der Waals surface area contributed by atoms with Crippen LogP contribution in [0.3, 0.4) is 0 Å². The molecular weight excluding hydrogens is 587 g/mol. The molecular formula is C31H47N5O5S2. The fraction of sp³-hybridized carbons (Fsp3) is 0.419. The van der Waals surface area contributed by atoms with Crippen LogP contribution in [0.25, 0.3) is 0 Å². The molecule has 0 unspecified atom stereocenters. The second-order valence-electron chi connectivity index (χ2n) is 9.00. The lowest BCUT2D eigenvalue weighted by atomic mass is 10.2. The number of hydrogen-bond acceptors (Lipinski definition) is 10. The molecule has 0 aromatic heterocycles. The summed E-state index contributed by atoms with van der Waals surface area (Å²) in [7, 11) is 3.10. The number of amides is 2. The van der Waals surface area contributed by atoms with E-state index in [0.29, 0.717) is 36.2 Å². The number of rotatable bonds is 14. The van der Waals surface area contributed by atoms with E-state index < -0.39 is 0 Å². The van der Waals surface area contributed by atoms with E-state index in [0.717, 1.165) is 17.1 Å². The molecule has 0 saturated heterocycles. The number of nitrogens with two attached hydrogens (primary N) is 1. The molecule has 43 heavy (non-hydrogen) atoms. The minimum Gasteiger partial charge on any atom is -0.497 e. The molecule has 0 saturated carbocycles. The van der Waals surface area contributed by atoms with Gasteiger partial charge in [0.25, 0.3) is 11.8 Å². The fourth-order valence-corrected chi connectivity index (χ4v) is 3.78. The van der Waals surface area contributed by atoms with Crippen LogP contribution < -0.4 is 19.9 Å². The summed E-state index contributed by atoms with van der Waals surface area (Å²) in [6.07, 6.45) is 3.31. The maximum Gasteiger partial charge on any atom is 0.266 e. The van der Waals surface area contributed by atoms with Gasteiger partial charge in [-0.3, -0.25) is 30.2 Å². The number of methoxy groups -OCH3 is 1. The normalized spacial score (nSPS) is 9.79.